The summed E-state index contributed by atoms with van der Waals surface area (Å²) in [6.07, 6.45) is 4.06. The van der Waals surface area contributed by atoms with Crippen LogP contribution in [0.15, 0.2) is 45.4 Å². The topological polar surface area (TPSA) is 58.6 Å². The Bertz CT molecular complexity index is 905. The van der Waals surface area contributed by atoms with Crippen molar-refractivity contribution >= 4 is 16.9 Å². The van der Waals surface area contributed by atoms with Crippen LogP contribution in [0.25, 0.3) is 11.0 Å². The fourth-order valence-electron chi connectivity index (χ4n) is 3.76. The van der Waals surface area contributed by atoms with E-state index in [1.807, 2.05) is 44.2 Å². The monoisotopic (exact) mass is 352 g/mol. The van der Waals surface area contributed by atoms with Crippen molar-refractivity contribution in [1.29, 1.82) is 0 Å². The maximum absolute atomic E-state index is 12.8. The molecule has 0 spiro atoms. The highest BCUT2D eigenvalue weighted by Gasteiger charge is 2.27. The maximum atomic E-state index is 12.8. The average Bonchev–Trinajstić information content (AvgIpc) is 3.37. The summed E-state index contributed by atoms with van der Waals surface area (Å²) >= 11 is 0. The molecule has 3 aromatic rings. The summed E-state index contributed by atoms with van der Waals surface area (Å²) in [6.45, 7) is 6.51. The number of hydrogen-bond donors (Lipinski definition) is 1. The van der Waals surface area contributed by atoms with Gasteiger partial charge in [-0.3, -0.25) is 9.69 Å². The van der Waals surface area contributed by atoms with Crippen molar-refractivity contribution in [1.82, 2.24) is 10.2 Å². The molecule has 2 aromatic heterocycles. The first-order chi connectivity index (χ1) is 12.6. The van der Waals surface area contributed by atoms with Crippen LogP contribution in [-0.2, 0) is 0 Å². The van der Waals surface area contributed by atoms with Crippen molar-refractivity contribution in [3.8, 4) is 0 Å². The van der Waals surface area contributed by atoms with Gasteiger partial charge >= 0.3 is 0 Å². The molecule has 0 bridgehead atoms. The van der Waals surface area contributed by atoms with Gasteiger partial charge in [0.2, 0.25) is 0 Å². The first kappa shape index (κ1) is 16.9. The average molecular weight is 352 g/mol. The van der Waals surface area contributed by atoms with Crippen LogP contribution in [0.2, 0.25) is 0 Å². The lowest BCUT2D eigenvalue weighted by Crippen LogP contribution is -2.36. The van der Waals surface area contributed by atoms with Crippen LogP contribution in [0.1, 0.15) is 46.3 Å². The highest BCUT2D eigenvalue weighted by atomic mass is 16.3. The fourth-order valence-corrected chi connectivity index (χ4v) is 3.76. The summed E-state index contributed by atoms with van der Waals surface area (Å²) in [5.41, 5.74) is 2.76. The third-order valence-corrected chi connectivity index (χ3v) is 5.21. The molecule has 1 N–H and O–H groups in total. The third kappa shape index (κ3) is 3.15. The lowest BCUT2D eigenvalue weighted by atomic mass is 10.1. The number of furan rings is 2. The number of carbonyl (C=O) groups is 1. The second-order valence-electron chi connectivity index (χ2n) is 7.04. The van der Waals surface area contributed by atoms with Crippen LogP contribution in [0.3, 0.4) is 0 Å². The van der Waals surface area contributed by atoms with Crippen LogP contribution < -0.4 is 5.32 Å². The molecule has 0 radical (unpaired) electrons. The quantitative estimate of drug-likeness (QED) is 0.747. The predicted octanol–water partition coefficient (Wildman–Crippen LogP) is 4.21. The molecule has 1 saturated heterocycles. The highest BCUT2D eigenvalue weighted by Crippen LogP contribution is 2.27. The zero-order valence-electron chi connectivity index (χ0n) is 15.2. The SMILES string of the molecule is Cc1ccc2c(C)c(C(=O)NC[C@@H](c3ccco3)N3CCCC3)oc2c1. The first-order valence-corrected chi connectivity index (χ1v) is 9.19. The van der Waals surface area contributed by atoms with E-state index in [9.17, 15) is 4.79 Å². The normalized spacial score (nSPS) is 16.2. The molecule has 5 heteroatoms. The number of benzene rings is 1. The first-order valence-electron chi connectivity index (χ1n) is 9.19. The number of nitrogens with one attached hydrogen (secondary N) is 1. The van der Waals surface area contributed by atoms with E-state index < -0.39 is 0 Å². The Kier molecular flexibility index (Phi) is 4.55. The van der Waals surface area contributed by atoms with Gasteiger partial charge in [-0.1, -0.05) is 12.1 Å². The predicted molar refractivity (Wildman–Crippen MR) is 100 cm³/mol. The molecule has 1 aromatic carbocycles. The summed E-state index contributed by atoms with van der Waals surface area (Å²) in [4.78, 5) is 15.1. The number of hydrogen-bond acceptors (Lipinski definition) is 4. The van der Waals surface area contributed by atoms with Crippen molar-refractivity contribution in [2.24, 2.45) is 0 Å². The van der Waals surface area contributed by atoms with E-state index in [1.165, 1.54) is 12.8 Å². The zero-order valence-corrected chi connectivity index (χ0v) is 15.2. The number of nitrogens with zero attached hydrogens (tertiary/aromatic N) is 1. The molecule has 0 unspecified atom stereocenters. The fraction of sp³-hybridized carbons (Fsp3) is 0.381. The highest BCUT2D eigenvalue weighted by molar-refractivity contribution is 5.99. The van der Waals surface area contributed by atoms with Gasteiger partial charge in [-0.15, -0.1) is 0 Å². The molecule has 3 heterocycles. The van der Waals surface area contributed by atoms with Gasteiger partial charge in [0.05, 0.1) is 12.3 Å². The molecule has 0 saturated carbocycles. The van der Waals surface area contributed by atoms with E-state index in [2.05, 4.69) is 10.2 Å². The molecule has 0 aliphatic carbocycles. The molecule has 1 fully saturated rings. The lowest BCUT2D eigenvalue weighted by molar-refractivity contribution is 0.0907. The Balaban J connectivity index is 1.53. The number of rotatable bonds is 5. The molecule has 1 amide bonds. The smallest absolute Gasteiger partial charge is 0.287 e. The van der Waals surface area contributed by atoms with E-state index in [1.54, 1.807) is 6.26 Å². The van der Waals surface area contributed by atoms with Gasteiger partial charge < -0.3 is 14.2 Å². The standard InChI is InChI=1S/C21H24N2O3/c1-14-7-8-16-15(2)20(26-19(16)12-14)21(24)22-13-17(18-6-5-11-25-18)23-9-3-4-10-23/h5-8,11-12,17H,3-4,9-10,13H2,1-2H3,(H,22,24)/t17-/m0/s1. The molecule has 136 valence electrons. The van der Waals surface area contributed by atoms with Gasteiger partial charge in [0, 0.05) is 17.5 Å². The van der Waals surface area contributed by atoms with Crippen molar-refractivity contribution in [2.75, 3.05) is 19.6 Å². The van der Waals surface area contributed by atoms with Gasteiger partial charge in [0.1, 0.15) is 11.3 Å². The minimum Gasteiger partial charge on any atom is -0.468 e. The van der Waals surface area contributed by atoms with Crippen molar-refractivity contribution in [3.05, 3.63) is 59.2 Å². The van der Waals surface area contributed by atoms with Gasteiger partial charge in [-0.05, 0) is 63.5 Å². The Labute approximate surface area is 153 Å². The summed E-state index contributed by atoms with van der Waals surface area (Å²) in [6, 6.07) is 9.94. The number of amides is 1. The second kappa shape index (κ2) is 7.00. The molecule has 1 aliphatic heterocycles. The van der Waals surface area contributed by atoms with E-state index in [0.717, 1.165) is 40.9 Å². The molecule has 4 rings (SSSR count). The minimum absolute atomic E-state index is 0.0587. The van der Waals surface area contributed by atoms with Crippen molar-refractivity contribution in [2.45, 2.75) is 32.7 Å². The van der Waals surface area contributed by atoms with Gasteiger partial charge in [0.25, 0.3) is 5.91 Å². The summed E-state index contributed by atoms with van der Waals surface area (Å²) in [7, 11) is 0. The van der Waals surface area contributed by atoms with Gasteiger partial charge in [-0.2, -0.15) is 0 Å². The van der Waals surface area contributed by atoms with E-state index in [0.29, 0.717) is 12.3 Å². The maximum Gasteiger partial charge on any atom is 0.287 e. The van der Waals surface area contributed by atoms with Crippen LogP contribution in [0, 0.1) is 13.8 Å². The largest absolute Gasteiger partial charge is 0.468 e. The van der Waals surface area contributed by atoms with Crippen LogP contribution in [-0.4, -0.2) is 30.4 Å². The number of carbonyl (C=O) groups excluding carboxylic acids is 1. The number of fused-ring (bicyclic) bond motifs is 1. The van der Waals surface area contributed by atoms with E-state index in [4.69, 9.17) is 8.83 Å². The Morgan fingerprint density at radius 1 is 1.23 bits per heavy atom. The van der Waals surface area contributed by atoms with Gasteiger partial charge in [0.15, 0.2) is 5.76 Å². The molecule has 5 nitrogen and oxygen atoms in total. The molecular weight excluding hydrogens is 328 g/mol. The summed E-state index contributed by atoms with van der Waals surface area (Å²) in [5, 5.41) is 4.04. The molecule has 1 atom stereocenters. The van der Waals surface area contributed by atoms with E-state index in [-0.39, 0.29) is 11.9 Å². The van der Waals surface area contributed by atoms with Gasteiger partial charge in [-0.25, -0.2) is 0 Å². The summed E-state index contributed by atoms with van der Waals surface area (Å²) < 4.78 is 11.5. The Morgan fingerprint density at radius 2 is 2.04 bits per heavy atom. The van der Waals surface area contributed by atoms with Crippen molar-refractivity contribution in [3.63, 3.8) is 0 Å². The van der Waals surface area contributed by atoms with E-state index >= 15 is 0 Å². The Hall–Kier alpha value is -2.53. The Morgan fingerprint density at radius 3 is 2.77 bits per heavy atom. The van der Waals surface area contributed by atoms with Crippen LogP contribution in [0.5, 0.6) is 0 Å². The number of aryl methyl sites for hydroxylation is 2. The minimum atomic E-state index is -0.174. The number of likely N-dealkylation sites (tertiary alicyclic amines) is 1. The van der Waals surface area contributed by atoms with Crippen LogP contribution >= 0.6 is 0 Å². The molecule has 1 aliphatic rings. The molecule has 26 heavy (non-hydrogen) atoms. The second-order valence-corrected chi connectivity index (χ2v) is 7.04. The molecular formula is C21H24N2O3. The van der Waals surface area contributed by atoms with Crippen LogP contribution in [0.4, 0.5) is 0 Å². The summed E-state index contributed by atoms with van der Waals surface area (Å²) in [5.74, 6) is 1.11. The third-order valence-electron chi connectivity index (χ3n) is 5.21. The van der Waals surface area contributed by atoms with Crippen molar-refractivity contribution < 1.29 is 13.6 Å². The lowest BCUT2D eigenvalue weighted by Gasteiger charge is -2.25. The zero-order chi connectivity index (χ0) is 18.1.